The average molecular weight is 454 g/mol. The molecule has 0 bridgehead atoms. The summed E-state index contributed by atoms with van der Waals surface area (Å²) in [6.07, 6.45) is 1.49. The van der Waals surface area contributed by atoms with E-state index in [2.05, 4.69) is 14.7 Å². The van der Waals surface area contributed by atoms with Crippen LogP contribution in [0.15, 0.2) is 36.7 Å². The molecule has 1 amide bonds. The molecule has 31 heavy (non-hydrogen) atoms. The molecular formula is C20H24F2N4O4S. The molecule has 0 unspecified atom stereocenters. The third kappa shape index (κ3) is 5.41. The van der Waals surface area contributed by atoms with Crippen LogP contribution in [-0.2, 0) is 26.1 Å². The van der Waals surface area contributed by atoms with Crippen LogP contribution in [0.1, 0.15) is 18.4 Å². The Labute approximate surface area is 179 Å². The fourth-order valence-electron chi connectivity index (χ4n) is 4.02. The van der Waals surface area contributed by atoms with E-state index in [9.17, 15) is 22.0 Å². The van der Waals surface area contributed by atoms with Crippen molar-refractivity contribution in [3.63, 3.8) is 0 Å². The predicted molar refractivity (Wildman–Crippen MR) is 109 cm³/mol. The molecule has 3 rings (SSSR count). The zero-order chi connectivity index (χ0) is 22.8. The third-order valence-corrected chi connectivity index (χ3v) is 6.09. The lowest BCUT2D eigenvalue weighted by Gasteiger charge is -2.31. The monoisotopic (exact) mass is 454 g/mol. The Hall–Kier alpha value is -2.50. The van der Waals surface area contributed by atoms with Gasteiger partial charge in [0.05, 0.1) is 37.2 Å². The highest BCUT2D eigenvalue weighted by atomic mass is 32.2. The van der Waals surface area contributed by atoms with Crippen LogP contribution < -0.4 is 4.72 Å². The van der Waals surface area contributed by atoms with E-state index in [0.29, 0.717) is 17.0 Å². The summed E-state index contributed by atoms with van der Waals surface area (Å²) >= 11 is 0. The molecule has 1 heterocycles. The maximum Gasteiger partial charge on any atom is 0.252 e. The van der Waals surface area contributed by atoms with Crippen LogP contribution in [0, 0.1) is 11.2 Å². The number of nitrogens with one attached hydrogen (secondary N) is 1. The quantitative estimate of drug-likeness (QED) is 0.641. The number of amides is 1. The second-order valence-corrected chi connectivity index (χ2v) is 9.57. The molecule has 8 nitrogen and oxygen atoms in total. The zero-order valence-electron chi connectivity index (χ0n) is 17.4. The summed E-state index contributed by atoms with van der Waals surface area (Å²) in [5.74, 6) is -0.695. The molecule has 168 valence electrons. The van der Waals surface area contributed by atoms with E-state index in [1.54, 1.807) is 24.3 Å². The summed E-state index contributed by atoms with van der Waals surface area (Å²) in [6, 6.07) is 5.99. The van der Waals surface area contributed by atoms with Gasteiger partial charge in [-0.3, -0.25) is 9.63 Å². The second kappa shape index (κ2) is 8.93. The molecule has 1 aliphatic carbocycles. The molecule has 3 atom stereocenters. The van der Waals surface area contributed by atoms with Crippen molar-refractivity contribution < 1.29 is 26.8 Å². The molecule has 0 spiro atoms. The van der Waals surface area contributed by atoms with Gasteiger partial charge < -0.3 is 0 Å². The van der Waals surface area contributed by atoms with Crippen molar-refractivity contribution in [3.05, 3.63) is 48.0 Å². The Morgan fingerprint density at radius 1 is 1.32 bits per heavy atom. The molecule has 1 fully saturated rings. The van der Waals surface area contributed by atoms with Crippen molar-refractivity contribution in [2.24, 2.45) is 5.41 Å². The molecular weight excluding hydrogens is 430 g/mol. The summed E-state index contributed by atoms with van der Waals surface area (Å²) in [5, 5.41) is 1.03. The number of carbonyl (C=O) groups excluding carboxylic acids is 1. The van der Waals surface area contributed by atoms with Crippen LogP contribution in [-0.4, -0.2) is 62.0 Å². The van der Waals surface area contributed by atoms with Gasteiger partial charge in [0.15, 0.2) is 11.6 Å². The molecule has 1 aromatic carbocycles. The lowest BCUT2D eigenvalue weighted by molar-refractivity contribution is -0.180. The number of benzene rings is 1. The molecule has 2 aromatic rings. The summed E-state index contributed by atoms with van der Waals surface area (Å²) in [4.78, 5) is 26.1. The van der Waals surface area contributed by atoms with Crippen molar-refractivity contribution in [2.75, 3.05) is 20.4 Å². The van der Waals surface area contributed by atoms with Crippen molar-refractivity contribution in [2.45, 2.75) is 31.5 Å². The van der Waals surface area contributed by atoms with Crippen molar-refractivity contribution in [1.29, 1.82) is 0 Å². The number of carbonyl (C=O) groups is 1. The Morgan fingerprint density at radius 3 is 2.61 bits per heavy atom. The number of alkyl halides is 1. The van der Waals surface area contributed by atoms with E-state index in [1.165, 1.54) is 14.2 Å². The smallest absolute Gasteiger partial charge is 0.252 e. The Morgan fingerprint density at radius 2 is 2.00 bits per heavy atom. The van der Waals surface area contributed by atoms with Gasteiger partial charge in [0.25, 0.3) is 5.91 Å². The number of aromatic nitrogens is 2. The third-order valence-electron chi connectivity index (χ3n) is 5.36. The van der Waals surface area contributed by atoms with Crippen LogP contribution in [0.25, 0.3) is 11.4 Å². The van der Waals surface area contributed by atoms with Crippen LogP contribution in [0.2, 0.25) is 0 Å². The molecule has 0 radical (unpaired) electrons. The first-order valence-corrected chi connectivity index (χ1v) is 11.4. The molecule has 0 aliphatic heterocycles. The summed E-state index contributed by atoms with van der Waals surface area (Å²) in [6.45, 7) is 0. The number of sulfonamides is 1. The second-order valence-electron chi connectivity index (χ2n) is 7.79. The van der Waals surface area contributed by atoms with Gasteiger partial charge in [0.1, 0.15) is 6.17 Å². The highest BCUT2D eigenvalue weighted by Crippen LogP contribution is 2.44. The van der Waals surface area contributed by atoms with Gasteiger partial charge in [-0.2, -0.15) is 0 Å². The van der Waals surface area contributed by atoms with Crippen LogP contribution >= 0.6 is 0 Å². The fraction of sp³-hybridized carbons (Fsp3) is 0.450. The molecule has 0 saturated heterocycles. The normalized spacial score (nSPS) is 23.6. The summed E-state index contributed by atoms with van der Waals surface area (Å²) in [7, 11) is -0.901. The highest BCUT2D eigenvalue weighted by Gasteiger charge is 2.52. The van der Waals surface area contributed by atoms with Gasteiger partial charge in [0, 0.05) is 12.6 Å². The minimum Gasteiger partial charge on any atom is -0.275 e. The fourth-order valence-corrected chi connectivity index (χ4v) is 4.80. The predicted octanol–water partition coefficient (Wildman–Crippen LogP) is 1.88. The summed E-state index contributed by atoms with van der Waals surface area (Å²) < 4.78 is 53.6. The van der Waals surface area contributed by atoms with Crippen molar-refractivity contribution >= 4 is 15.9 Å². The van der Waals surface area contributed by atoms with Gasteiger partial charge >= 0.3 is 0 Å². The Bertz CT molecular complexity index is 1050. The Balaban J connectivity index is 1.94. The largest absolute Gasteiger partial charge is 0.275 e. The number of hydrogen-bond donors (Lipinski definition) is 1. The van der Waals surface area contributed by atoms with Gasteiger partial charge in [-0.05, 0) is 30.9 Å². The van der Waals surface area contributed by atoms with Crippen molar-refractivity contribution in [3.8, 4) is 11.4 Å². The Kier molecular flexibility index (Phi) is 6.68. The summed E-state index contributed by atoms with van der Waals surface area (Å²) in [5.41, 5.74) is 0.103. The van der Waals surface area contributed by atoms with E-state index in [1.807, 2.05) is 0 Å². The van der Waals surface area contributed by atoms with E-state index >= 15 is 0 Å². The van der Waals surface area contributed by atoms with Crippen molar-refractivity contribution in [1.82, 2.24) is 19.8 Å². The lowest BCUT2D eigenvalue weighted by atomic mass is 9.78. The standard InChI is InChI=1S/C20H24F2N4O4S/c1-26(30-2)19(27)20(9-16(22)17(10-20)25-31(3,28)29)8-13-5-4-6-14(7-13)18-23-11-15(21)12-24-18/h4-7,11-12,16-17,25H,8-10H2,1-3H3/t16-,17+,20-/m0/s1. The molecule has 11 heteroatoms. The molecule has 1 saturated carbocycles. The number of rotatable bonds is 7. The number of hydrogen-bond acceptors (Lipinski definition) is 6. The van der Waals surface area contributed by atoms with Gasteiger partial charge in [0.2, 0.25) is 10.0 Å². The lowest BCUT2D eigenvalue weighted by Crippen LogP contribution is -2.43. The minimum absolute atomic E-state index is 0.0228. The van der Waals surface area contributed by atoms with Crippen LogP contribution in [0.5, 0.6) is 0 Å². The van der Waals surface area contributed by atoms with Crippen LogP contribution in [0.4, 0.5) is 8.78 Å². The average Bonchev–Trinajstić information content (AvgIpc) is 3.01. The van der Waals surface area contributed by atoms with Gasteiger partial charge in [-0.25, -0.2) is 37.0 Å². The van der Waals surface area contributed by atoms with E-state index in [0.717, 1.165) is 23.7 Å². The first kappa shape index (κ1) is 23.2. The van der Waals surface area contributed by atoms with E-state index in [4.69, 9.17) is 4.84 Å². The first-order valence-electron chi connectivity index (χ1n) is 9.53. The maximum atomic E-state index is 14.8. The maximum absolute atomic E-state index is 14.8. The van der Waals surface area contributed by atoms with Gasteiger partial charge in [-0.15, -0.1) is 0 Å². The zero-order valence-corrected chi connectivity index (χ0v) is 18.2. The van der Waals surface area contributed by atoms with E-state index in [-0.39, 0.29) is 19.3 Å². The highest BCUT2D eigenvalue weighted by molar-refractivity contribution is 7.88. The number of nitrogens with zero attached hydrogens (tertiary/aromatic N) is 3. The van der Waals surface area contributed by atoms with Gasteiger partial charge in [-0.1, -0.05) is 18.2 Å². The molecule has 1 N–H and O–H groups in total. The SMILES string of the molecule is CON(C)C(=O)[C@@]1(Cc2cccc(-c3ncc(F)cn3)c2)C[C@H](F)[C@H](NS(C)(=O)=O)C1. The van der Waals surface area contributed by atoms with E-state index < -0.39 is 39.4 Å². The minimum atomic E-state index is -3.65. The first-order chi connectivity index (χ1) is 14.5. The number of hydroxylamine groups is 2. The number of halogens is 2. The molecule has 1 aromatic heterocycles. The topological polar surface area (TPSA) is 101 Å². The molecule has 1 aliphatic rings. The van der Waals surface area contributed by atoms with Crippen LogP contribution in [0.3, 0.4) is 0 Å².